The average molecular weight is 596 g/mol. The molecule has 0 spiro atoms. The Morgan fingerprint density at radius 3 is 2.29 bits per heavy atom. The summed E-state index contributed by atoms with van der Waals surface area (Å²) >= 11 is 0. The molecule has 1 unspecified atom stereocenters. The highest BCUT2D eigenvalue weighted by Crippen LogP contribution is 2.24. The van der Waals surface area contributed by atoms with Gasteiger partial charge >= 0.3 is 0 Å². The summed E-state index contributed by atoms with van der Waals surface area (Å²) in [7, 11) is -2.52. The lowest BCUT2D eigenvalue weighted by Gasteiger charge is -2.35. The Morgan fingerprint density at radius 2 is 1.62 bits per heavy atom. The zero-order chi connectivity index (χ0) is 30.1. The number of hydrogen-bond donors (Lipinski definition) is 1. The first kappa shape index (κ1) is 31.0. The summed E-state index contributed by atoms with van der Waals surface area (Å²) in [5, 5.41) is 3.16. The lowest BCUT2D eigenvalue weighted by molar-refractivity contribution is -0.140. The number of anilines is 1. The standard InChI is InChI=1S/C32H38FN3O5S/c1-41-27-17-11-14-25(20-27)22-35(31(37)23-36(42(2,39)40)29-19-10-9-18-28(29)33)30(21-24-12-5-3-6-13-24)32(38)34-26-15-7-4-8-16-26/h3,5-6,9-14,17-20,26,30H,4,7-8,15-16,21-23H2,1-2H3,(H,34,38). The van der Waals surface area contributed by atoms with Crippen molar-refractivity contribution in [3.05, 3.63) is 95.8 Å². The molecule has 0 aromatic heterocycles. The Morgan fingerprint density at radius 1 is 0.952 bits per heavy atom. The molecule has 0 radical (unpaired) electrons. The molecule has 0 saturated heterocycles. The van der Waals surface area contributed by atoms with Crippen LogP contribution in [-0.2, 0) is 32.6 Å². The molecule has 0 heterocycles. The van der Waals surface area contributed by atoms with Crippen LogP contribution in [0.4, 0.5) is 10.1 Å². The molecule has 4 rings (SSSR count). The second kappa shape index (κ2) is 14.3. The number of benzene rings is 3. The van der Waals surface area contributed by atoms with Crippen LogP contribution < -0.4 is 14.4 Å². The normalized spacial score (nSPS) is 14.5. The molecule has 3 aromatic rings. The number of methoxy groups -OCH3 is 1. The molecule has 1 atom stereocenters. The quantitative estimate of drug-likeness (QED) is 0.328. The van der Waals surface area contributed by atoms with E-state index < -0.39 is 34.3 Å². The van der Waals surface area contributed by atoms with E-state index in [-0.39, 0.29) is 30.6 Å². The highest BCUT2D eigenvalue weighted by atomic mass is 32.2. The molecule has 10 heteroatoms. The molecule has 1 aliphatic rings. The molecular formula is C32H38FN3O5S. The fraction of sp³-hybridized carbons (Fsp3) is 0.375. The number of carbonyl (C=O) groups is 2. The third kappa shape index (κ3) is 8.31. The molecule has 224 valence electrons. The number of para-hydroxylation sites is 1. The topological polar surface area (TPSA) is 96.0 Å². The zero-order valence-corrected chi connectivity index (χ0v) is 24.9. The number of hydrogen-bond acceptors (Lipinski definition) is 5. The van der Waals surface area contributed by atoms with Crippen LogP contribution in [0.25, 0.3) is 0 Å². The molecule has 2 amide bonds. The van der Waals surface area contributed by atoms with Gasteiger partial charge in [0.2, 0.25) is 21.8 Å². The number of rotatable bonds is 12. The van der Waals surface area contributed by atoms with Crippen LogP contribution in [0.1, 0.15) is 43.2 Å². The van der Waals surface area contributed by atoms with Crippen molar-refractivity contribution in [2.45, 2.75) is 57.2 Å². The number of nitrogens with one attached hydrogen (secondary N) is 1. The van der Waals surface area contributed by atoms with Gasteiger partial charge in [-0.05, 0) is 48.2 Å². The number of nitrogens with zero attached hydrogens (tertiary/aromatic N) is 2. The van der Waals surface area contributed by atoms with Crippen LogP contribution in [0.15, 0.2) is 78.9 Å². The van der Waals surface area contributed by atoms with E-state index in [1.165, 1.54) is 30.2 Å². The van der Waals surface area contributed by atoms with Gasteiger partial charge in [0.05, 0.1) is 19.1 Å². The van der Waals surface area contributed by atoms with Crippen LogP contribution in [0.5, 0.6) is 5.75 Å². The van der Waals surface area contributed by atoms with Gasteiger partial charge in [-0.3, -0.25) is 13.9 Å². The van der Waals surface area contributed by atoms with Gasteiger partial charge in [-0.15, -0.1) is 0 Å². The summed E-state index contributed by atoms with van der Waals surface area (Å²) in [6.45, 7) is -0.660. The Kier molecular flexibility index (Phi) is 10.6. The van der Waals surface area contributed by atoms with Gasteiger partial charge in [-0.25, -0.2) is 12.8 Å². The van der Waals surface area contributed by atoms with Gasteiger partial charge in [-0.2, -0.15) is 0 Å². The van der Waals surface area contributed by atoms with Crippen molar-refractivity contribution >= 4 is 27.5 Å². The lowest BCUT2D eigenvalue weighted by atomic mass is 9.94. The molecule has 3 aromatic carbocycles. The smallest absolute Gasteiger partial charge is 0.244 e. The van der Waals surface area contributed by atoms with Crippen molar-refractivity contribution in [1.29, 1.82) is 0 Å². The predicted molar refractivity (Wildman–Crippen MR) is 161 cm³/mol. The summed E-state index contributed by atoms with van der Waals surface area (Å²) in [6, 6.07) is 21.0. The molecule has 0 bridgehead atoms. The molecule has 1 aliphatic carbocycles. The highest BCUT2D eigenvalue weighted by Gasteiger charge is 2.34. The van der Waals surface area contributed by atoms with E-state index in [1.807, 2.05) is 36.4 Å². The number of ether oxygens (including phenoxy) is 1. The van der Waals surface area contributed by atoms with Crippen molar-refractivity contribution in [1.82, 2.24) is 10.2 Å². The Bertz CT molecular complexity index is 1460. The van der Waals surface area contributed by atoms with Crippen molar-refractivity contribution in [3.8, 4) is 5.75 Å². The molecule has 8 nitrogen and oxygen atoms in total. The van der Waals surface area contributed by atoms with Crippen molar-refractivity contribution in [3.63, 3.8) is 0 Å². The van der Waals surface area contributed by atoms with Crippen LogP contribution in [-0.4, -0.2) is 57.1 Å². The van der Waals surface area contributed by atoms with E-state index in [0.29, 0.717) is 11.3 Å². The summed E-state index contributed by atoms with van der Waals surface area (Å²) in [6.07, 6.45) is 6.03. The van der Waals surface area contributed by atoms with Crippen LogP contribution in [0.3, 0.4) is 0 Å². The van der Waals surface area contributed by atoms with Crippen LogP contribution >= 0.6 is 0 Å². The van der Waals surface area contributed by atoms with Crippen LogP contribution in [0.2, 0.25) is 0 Å². The summed E-state index contributed by atoms with van der Waals surface area (Å²) in [4.78, 5) is 29.5. The van der Waals surface area contributed by atoms with Crippen molar-refractivity contribution in [2.75, 3.05) is 24.2 Å². The minimum absolute atomic E-state index is 0.00391. The third-order valence-corrected chi connectivity index (χ3v) is 8.64. The number of amides is 2. The minimum atomic E-state index is -4.05. The largest absolute Gasteiger partial charge is 0.497 e. The summed E-state index contributed by atoms with van der Waals surface area (Å²) in [5.41, 5.74) is 1.31. The fourth-order valence-corrected chi connectivity index (χ4v) is 6.16. The second-order valence-electron chi connectivity index (χ2n) is 10.6. The summed E-state index contributed by atoms with van der Waals surface area (Å²) in [5.74, 6) is -1.13. The molecule has 1 N–H and O–H groups in total. The average Bonchev–Trinajstić information content (AvgIpc) is 2.98. The van der Waals surface area contributed by atoms with Gasteiger partial charge in [0.1, 0.15) is 24.2 Å². The fourth-order valence-electron chi connectivity index (χ4n) is 5.31. The van der Waals surface area contributed by atoms with Gasteiger partial charge in [0.25, 0.3) is 0 Å². The van der Waals surface area contributed by atoms with Gasteiger partial charge in [-0.1, -0.05) is 73.9 Å². The highest BCUT2D eigenvalue weighted by molar-refractivity contribution is 7.92. The third-order valence-electron chi connectivity index (χ3n) is 7.51. The zero-order valence-electron chi connectivity index (χ0n) is 24.0. The first-order chi connectivity index (χ1) is 20.2. The first-order valence-electron chi connectivity index (χ1n) is 14.1. The van der Waals surface area contributed by atoms with Gasteiger partial charge in [0.15, 0.2) is 0 Å². The van der Waals surface area contributed by atoms with Crippen molar-refractivity contribution in [2.24, 2.45) is 0 Å². The Balaban J connectivity index is 1.74. The van der Waals surface area contributed by atoms with Crippen molar-refractivity contribution < 1.29 is 27.1 Å². The van der Waals surface area contributed by atoms with Gasteiger partial charge < -0.3 is 15.0 Å². The van der Waals surface area contributed by atoms with Gasteiger partial charge in [0, 0.05) is 19.0 Å². The Labute approximate surface area is 247 Å². The maximum atomic E-state index is 14.8. The second-order valence-corrected chi connectivity index (χ2v) is 12.6. The van der Waals surface area contributed by atoms with E-state index in [9.17, 15) is 22.4 Å². The maximum absolute atomic E-state index is 14.8. The number of sulfonamides is 1. The first-order valence-corrected chi connectivity index (χ1v) is 16.0. The molecule has 1 fully saturated rings. The number of carbonyl (C=O) groups excluding carboxylic acids is 2. The van der Waals surface area contributed by atoms with E-state index in [1.54, 1.807) is 18.2 Å². The monoisotopic (exact) mass is 595 g/mol. The SMILES string of the molecule is COc1cccc(CN(C(=O)CN(c2ccccc2F)S(C)(=O)=O)C(Cc2ccccc2)C(=O)NC2CCCCC2)c1. The van der Waals surface area contributed by atoms with E-state index in [0.717, 1.165) is 54.3 Å². The lowest BCUT2D eigenvalue weighted by Crippen LogP contribution is -2.55. The molecule has 0 aliphatic heterocycles. The molecule has 1 saturated carbocycles. The maximum Gasteiger partial charge on any atom is 0.244 e. The minimum Gasteiger partial charge on any atom is -0.497 e. The van der Waals surface area contributed by atoms with E-state index in [2.05, 4.69) is 5.32 Å². The number of halogens is 1. The molecular weight excluding hydrogens is 557 g/mol. The van der Waals surface area contributed by atoms with E-state index >= 15 is 0 Å². The summed E-state index contributed by atoms with van der Waals surface area (Å²) < 4.78 is 46.6. The predicted octanol–water partition coefficient (Wildman–Crippen LogP) is 4.69. The molecule has 42 heavy (non-hydrogen) atoms. The Hall–Kier alpha value is -3.92. The van der Waals surface area contributed by atoms with E-state index in [4.69, 9.17) is 4.74 Å². The van der Waals surface area contributed by atoms with Crippen LogP contribution in [0, 0.1) is 5.82 Å².